The minimum Gasteiger partial charge on any atom is -0.480 e. The Morgan fingerprint density at radius 3 is 1.97 bits per heavy atom. The molecule has 5 unspecified atom stereocenters. The van der Waals surface area contributed by atoms with Gasteiger partial charge in [-0.2, -0.15) is 0 Å². The molecule has 4 fully saturated rings. The Kier molecular flexibility index (Phi) is 22.4. The van der Waals surface area contributed by atoms with E-state index in [1.165, 1.54) is 44.9 Å². The fourth-order valence-electron chi connectivity index (χ4n) is 11.8. The van der Waals surface area contributed by atoms with Crippen LogP contribution in [0.3, 0.4) is 0 Å². The molecule has 15 nitrogen and oxygen atoms in total. The Hall–Kier alpha value is -2.85. The van der Waals surface area contributed by atoms with E-state index in [9.17, 15) is 34.2 Å². The zero-order chi connectivity index (χ0) is 45.0. The van der Waals surface area contributed by atoms with E-state index < -0.39 is 12.0 Å². The fraction of sp³-hybridized carbons (Fsp3) is 0.894. The molecule has 4 amide bonds. The molecule has 6 N–H and O–H groups in total. The van der Waals surface area contributed by atoms with Gasteiger partial charge >= 0.3 is 5.97 Å². The van der Waals surface area contributed by atoms with Crippen molar-refractivity contribution in [2.75, 3.05) is 72.5 Å². The van der Waals surface area contributed by atoms with E-state index in [0.717, 1.165) is 44.4 Å². The van der Waals surface area contributed by atoms with Gasteiger partial charge in [0.2, 0.25) is 23.6 Å². The SMILES string of the molecule is CCCCCCNC(=O)COCCOCCNC(=O)COCCOCCNC(=O)CCC(NC(=O)CC[C@@H](C)C1CCC2C3CC[C@@H]4CCCC[C@]4(C)C3C[C@H](O)[C@@]21C)C(=O)O. The maximum Gasteiger partial charge on any atom is 0.326 e. The Bertz CT molecular complexity index is 1400. The number of hydrogen-bond donors (Lipinski definition) is 6. The highest BCUT2D eigenvalue weighted by atomic mass is 16.5. The van der Waals surface area contributed by atoms with Crippen molar-refractivity contribution in [3.8, 4) is 0 Å². The second-order valence-corrected chi connectivity index (χ2v) is 19.2. The first-order valence-electron chi connectivity index (χ1n) is 24.1. The van der Waals surface area contributed by atoms with Crippen LogP contribution in [0.4, 0.5) is 0 Å². The van der Waals surface area contributed by atoms with E-state index in [0.29, 0.717) is 61.8 Å². The molecule has 10 atom stereocenters. The number of amides is 4. The van der Waals surface area contributed by atoms with Gasteiger partial charge in [-0.1, -0.05) is 59.8 Å². The summed E-state index contributed by atoms with van der Waals surface area (Å²) in [5.41, 5.74) is 0.196. The van der Waals surface area contributed by atoms with E-state index in [2.05, 4.69) is 49.0 Å². The largest absolute Gasteiger partial charge is 0.480 e. The van der Waals surface area contributed by atoms with Crippen LogP contribution in [0.5, 0.6) is 0 Å². The number of ether oxygens (including phenoxy) is 4. The summed E-state index contributed by atoms with van der Waals surface area (Å²) < 4.78 is 21.5. The van der Waals surface area contributed by atoms with Crippen LogP contribution in [0, 0.1) is 46.3 Å². The summed E-state index contributed by atoms with van der Waals surface area (Å²) in [5, 5.41) is 32.5. The molecule has 4 saturated carbocycles. The topological polar surface area (TPSA) is 211 Å². The number of fused-ring (bicyclic) bond motifs is 5. The Morgan fingerprint density at radius 1 is 0.677 bits per heavy atom. The second-order valence-electron chi connectivity index (χ2n) is 19.2. The van der Waals surface area contributed by atoms with E-state index >= 15 is 0 Å². The first-order valence-corrected chi connectivity index (χ1v) is 24.1. The molecule has 0 radical (unpaired) electrons. The standard InChI is InChI=1S/C47H82N4O11/c1-5-6-7-10-21-48-43(55)31-61-28-27-60-25-23-50-44(56)32-62-29-26-59-24-22-49-41(53)19-17-39(45(57)58)51-42(54)18-12-33(2)36-15-16-37-35-14-13-34-11-8-9-20-46(34,3)38(35)30-40(52)47(36,37)4/h33-40,52H,5-32H2,1-4H3,(H,48,55)(H,49,53)(H,50,56)(H,51,54)(H,57,58)/t33-,34+,35?,36?,37?,38?,39?,40+,46+,47-/m1/s1. The van der Waals surface area contributed by atoms with Crippen LogP contribution in [0.2, 0.25) is 0 Å². The minimum atomic E-state index is -1.18. The molecular formula is C47H82N4O11. The van der Waals surface area contributed by atoms with Crippen molar-refractivity contribution < 1.29 is 53.1 Å². The fourth-order valence-corrected chi connectivity index (χ4v) is 11.8. The highest BCUT2D eigenvalue weighted by Gasteiger charge is 2.63. The second kappa shape index (κ2) is 26.8. The number of nitrogens with one attached hydrogen (secondary N) is 4. The molecule has 0 bridgehead atoms. The summed E-state index contributed by atoms with van der Waals surface area (Å²) in [6.45, 7) is 11.7. The lowest BCUT2D eigenvalue weighted by Crippen LogP contribution is -2.58. The van der Waals surface area contributed by atoms with Crippen LogP contribution in [0.1, 0.15) is 137 Å². The van der Waals surface area contributed by atoms with E-state index in [-0.39, 0.29) is 107 Å². The molecule has 0 aromatic carbocycles. The number of carboxylic acid groups (broad SMARTS) is 1. The number of unbranched alkanes of at least 4 members (excludes halogenated alkanes) is 3. The van der Waals surface area contributed by atoms with Gasteiger partial charge in [0.1, 0.15) is 19.3 Å². The summed E-state index contributed by atoms with van der Waals surface area (Å²) in [6, 6.07) is -1.17. The predicted octanol–water partition coefficient (Wildman–Crippen LogP) is 4.77. The average molecular weight is 879 g/mol. The van der Waals surface area contributed by atoms with Crippen molar-refractivity contribution >= 4 is 29.6 Å². The van der Waals surface area contributed by atoms with Gasteiger partial charge in [0.05, 0.1) is 45.7 Å². The quantitative estimate of drug-likeness (QED) is 0.0542. The molecule has 0 saturated heterocycles. The van der Waals surface area contributed by atoms with Crippen LogP contribution in [-0.4, -0.2) is 124 Å². The minimum absolute atomic E-state index is 0.00428. The molecule has 4 aliphatic carbocycles. The number of carbonyl (C=O) groups is 5. The number of carboxylic acids is 1. The van der Waals surface area contributed by atoms with Crippen LogP contribution in [0.25, 0.3) is 0 Å². The Labute approximate surface area is 371 Å². The monoisotopic (exact) mass is 879 g/mol. The first kappa shape index (κ1) is 51.8. The predicted molar refractivity (Wildman–Crippen MR) is 235 cm³/mol. The molecule has 0 spiro atoms. The number of aliphatic hydroxyl groups excluding tert-OH is 1. The third-order valence-electron chi connectivity index (χ3n) is 15.3. The van der Waals surface area contributed by atoms with Gasteiger partial charge in [0, 0.05) is 32.5 Å². The number of aliphatic carboxylic acids is 1. The van der Waals surface area contributed by atoms with Gasteiger partial charge in [-0.3, -0.25) is 19.2 Å². The molecule has 0 aliphatic heterocycles. The lowest BCUT2D eigenvalue weighted by Gasteiger charge is -2.62. The average Bonchev–Trinajstić information content (AvgIpc) is 3.61. The molecule has 62 heavy (non-hydrogen) atoms. The molecule has 4 aliphatic rings. The van der Waals surface area contributed by atoms with Gasteiger partial charge in [-0.05, 0) is 111 Å². The number of aliphatic hydroxyl groups is 1. The van der Waals surface area contributed by atoms with Gasteiger partial charge < -0.3 is 50.4 Å². The summed E-state index contributed by atoms with van der Waals surface area (Å²) in [6.07, 6.45) is 15.8. The van der Waals surface area contributed by atoms with Crippen LogP contribution >= 0.6 is 0 Å². The van der Waals surface area contributed by atoms with Gasteiger partial charge in [-0.25, -0.2) is 4.79 Å². The van der Waals surface area contributed by atoms with Crippen molar-refractivity contribution in [3.63, 3.8) is 0 Å². The molecule has 0 aromatic heterocycles. The van der Waals surface area contributed by atoms with Crippen LogP contribution < -0.4 is 21.3 Å². The summed E-state index contributed by atoms with van der Waals surface area (Å²) in [4.78, 5) is 61.1. The highest BCUT2D eigenvalue weighted by molar-refractivity contribution is 5.84. The van der Waals surface area contributed by atoms with E-state index in [4.69, 9.17) is 18.9 Å². The molecule has 4 rings (SSSR count). The molecule has 0 heterocycles. The van der Waals surface area contributed by atoms with Crippen molar-refractivity contribution in [3.05, 3.63) is 0 Å². The Morgan fingerprint density at radius 2 is 1.31 bits per heavy atom. The third-order valence-corrected chi connectivity index (χ3v) is 15.3. The summed E-state index contributed by atoms with van der Waals surface area (Å²) in [7, 11) is 0. The lowest BCUT2D eigenvalue weighted by atomic mass is 9.44. The third kappa shape index (κ3) is 15.4. The highest BCUT2D eigenvalue weighted by Crippen LogP contribution is 2.68. The first-order chi connectivity index (χ1) is 29.8. The van der Waals surface area contributed by atoms with Gasteiger partial charge in [0.25, 0.3) is 0 Å². The molecule has 356 valence electrons. The van der Waals surface area contributed by atoms with E-state index in [1.54, 1.807) is 0 Å². The zero-order valence-electron chi connectivity index (χ0n) is 38.5. The molecule has 0 aromatic rings. The number of rotatable bonds is 30. The van der Waals surface area contributed by atoms with Crippen molar-refractivity contribution in [1.29, 1.82) is 0 Å². The maximum absolute atomic E-state index is 13.0. The lowest BCUT2D eigenvalue weighted by molar-refractivity contribution is -0.168. The summed E-state index contributed by atoms with van der Waals surface area (Å²) in [5.74, 6) is 0.849. The number of hydrogen-bond acceptors (Lipinski definition) is 10. The van der Waals surface area contributed by atoms with Crippen LogP contribution in [-0.2, 0) is 42.9 Å². The smallest absolute Gasteiger partial charge is 0.326 e. The molecule has 15 heteroatoms. The van der Waals surface area contributed by atoms with Crippen molar-refractivity contribution in [2.24, 2.45) is 46.3 Å². The zero-order valence-corrected chi connectivity index (χ0v) is 38.5. The van der Waals surface area contributed by atoms with Gasteiger partial charge in [0.15, 0.2) is 0 Å². The normalized spacial score (nSPS) is 28.7. The number of carbonyl (C=O) groups excluding carboxylic acids is 4. The van der Waals surface area contributed by atoms with E-state index in [1.807, 2.05) is 0 Å². The van der Waals surface area contributed by atoms with Crippen LogP contribution in [0.15, 0.2) is 0 Å². The Balaban J connectivity index is 0.991. The maximum atomic E-state index is 13.0. The van der Waals surface area contributed by atoms with Crippen molar-refractivity contribution in [2.45, 2.75) is 149 Å². The van der Waals surface area contributed by atoms with Crippen molar-refractivity contribution in [1.82, 2.24) is 21.3 Å². The molecular weight excluding hydrogens is 797 g/mol. The summed E-state index contributed by atoms with van der Waals surface area (Å²) >= 11 is 0. The van der Waals surface area contributed by atoms with Gasteiger partial charge in [-0.15, -0.1) is 0 Å².